The van der Waals surface area contributed by atoms with E-state index in [9.17, 15) is 92.2 Å². The fourth-order valence-corrected chi connectivity index (χ4v) is 10.6. The van der Waals surface area contributed by atoms with Crippen molar-refractivity contribution in [3.63, 3.8) is 0 Å². The topological polar surface area (TPSA) is 426 Å². The summed E-state index contributed by atoms with van der Waals surface area (Å²) in [5, 5.41) is 7.07. The predicted molar refractivity (Wildman–Crippen MR) is 238 cm³/mol. The summed E-state index contributed by atoms with van der Waals surface area (Å²) in [7, 11) is -31.2. The molecule has 25 nitrogen and oxygen atoms in total. The Morgan fingerprint density at radius 2 is 0.676 bits per heavy atom. The molecule has 4 amide bonds. The molecule has 0 radical (unpaired) electrons. The smallest absolute Gasteiger partial charge is 0.321 e. The number of carbonyl (C=O) groups is 3. The first-order valence-electron chi connectivity index (χ1n) is 18.0. The number of amides is 4. The van der Waals surface area contributed by atoms with Gasteiger partial charge in [0.05, 0.1) is 31.0 Å². The van der Waals surface area contributed by atoms with Crippen molar-refractivity contribution in [1.82, 2.24) is 0 Å². The molecular weight excluding hydrogens is 1030 g/mol. The van der Waals surface area contributed by atoms with Crippen LogP contribution in [0.25, 0.3) is 21.5 Å². The molecule has 0 heterocycles. The number of carbonyl (C=O) groups excluding carboxylic acids is 3. The van der Waals surface area contributed by atoms with E-state index in [-0.39, 0.29) is 33.6 Å². The Morgan fingerprint density at radius 1 is 0.382 bits per heavy atom. The van der Waals surface area contributed by atoms with Crippen LogP contribution < -0.4 is 21.3 Å². The Balaban J connectivity index is 1.24. The lowest BCUT2D eigenvalue weighted by atomic mass is 10.1. The monoisotopic (exact) mass is 1060 g/mol. The second kappa shape index (κ2) is 17.5. The van der Waals surface area contributed by atoms with Gasteiger partial charge >= 0.3 is 6.03 Å². The van der Waals surface area contributed by atoms with Crippen LogP contribution in [0.15, 0.2) is 114 Å². The zero-order chi connectivity index (χ0) is 50.9. The maximum atomic E-state index is 13.5. The summed E-state index contributed by atoms with van der Waals surface area (Å²) in [6, 6.07) is 10.9. The Hall–Kier alpha value is -6.49. The van der Waals surface area contributed by atoms with Gasteiger partial charge in [-0.3, -0.25) is 36.9 Å². The summed E-state index contributed by atoms with van der Waals surface area (Å²) in [5.74, 6) is -2.09. The Bertz CT molecular complexity index is 3670. The van der Waals surface area contributed by atoms with Crippen molar-refractivity contribution >= 4 is 123 Å². The normalized spacial score (nSPS) is 12.7. The number of rotatable bonds is 12. The van der Waals surface area contributed by atoms with E-state index in [2.05, 4.69) is 21.3 Å². The van der Waals surface area contributed by atoms with Crippen LogP contribution in [0.5, 0.6) is 0 Å². The van der Waals surface area contributed by atoms with E-state index in [0.717, 1.165) is 0 Å². The van der Waals surface area contributed by atoms with Gasteiger partial charge in [-0.25, -0.2) is 4.79 Å². The van der Waals surface area contributed by atoms with Gasteiger partial charge in [0.1, 0.15) is 9.79 Å². The van der Waals surface area contributed by atoms with Crippen molar-refractivity contribution < 1.29 is 92.2 Å². The van der Waals surface area contributed by atoms with Gasteiger partial charge in [-0.05, 0) is 121 Å². The van der Waals surface area contributed by atoms with Crippen LogP contribution in [-0.2, 0) is 60.7 Å². The Labute approximate surface area is 384 Å². The van der Waals surface area contributed by atoms with Crippen molar-refractivity contribution in [2.75, 3.05) is 21.3 Å². The van der Waals surface area contributed by atoms with Crippen molar-refractivity contribution in [3.05, 3.63) is 107 Å². The minimum absolute atomic E-state index is 0.0711. The standard InChI is InChI=1S/C37H30N4O21S6/c1-17-7-21(3-5-27(17)35(42)40-29-13-23(63(45,46)47)9-19-11-25(65(51,52)53)15-31(33(19)29)67(57,58)59)38-37(44)39-22-4-6-28(18(2)8-22)36(43)41-30-14-24(64(48,49)50)10-20-12-26(66(54,55)56)16-32(34(20)30)68(60,61)62/h3-16H,1-2H3,(H,40,42)(H,41,43)(H2,38,39,44)(H,45,46,47)(H,48,49,50)(H,51,52,53)(H,54,55,56)(H,57,58,59)(H,60,61,62). The highest BCUT2D eigenvalue weighted by Crippen LogP contribution is 2.38. The zero-order valence-corrected chi connectivity index (χ0v) is 38.7. The molecule has 6 rings (SSSR count). The van der Waals surface area contributed by atoms with E-state index in [1.54, 1.807) is 0 Å². The molecule has 10 N–H and O–H groups in total. The fraction of sp³-hybridized carbons (Fsp3) is 0.0541. The first kappa shape index (κ1) is 50.9. The molecule has 68 heavy (non-hydrogen) atoms. The van der Waals surface area contributed by atoms with Crippen LogP contribution in [0.3, 0.4) is 0 Å². The molecule has 0 fully saturated rings. The second-order valence-corrected chi connectivity index (χ2v) is 22.8. The van der Waals surface area contributed by atoms with Crippen LogP contribution in [0.1, 0.15) is 31.8 Å². The quantitative estimate of drug-likeness (QED) is 0.0766. The molecule has 0 spiro atoms. The molecule has 0 aromatic heterocycles. The summed E-state index contributed by atoms with van der Waals surface area (Å²) in [5.41, 5.74) is -1.21. The number of hydrogen-bond acceptors (Lipinski definition) is 15. The number of nitrogens with one attached hydrogen (secondary N) is 4. The molecule has 360 valence electrons. The van der Waals surface area contributed by atoms with E-state index in [1.807, 2.05) is 0 Å². The Kier molecular flexibility index (Phi) is 13.1. The number of fused-ring (bicyclic) bond motifs is 2. The maximum Gasteiger partial charge on any atom is 0.323 e. The van der Waals surface area contributed by atoms with Gasteiger partial charge < -0.3 is 21.3 Å². The summed E-state index contributed by atoms with van der Waals surface area (Å²) < 4.78 is 204. The van der Waals surface area contributed by atoms with Crippen molar-refractivity contribution in [2.24, 2.45) is 0 Å². The molecule has 6 aromatic rings. The molecular formula is C37H30N4O21S6. The minimum atomic E-state index is -5.34. The summed E-state index contributed by atoms with van der Waals surface area (Å²) in [6.07, 6.45) is 0. The zero-order valence-electron chi connectivity index (χ0n) is 33.8. The number of aryl methyl sites for hydroxylation is 2. The fourth-order valence-electron chi connectivity index (χ4n) is 6.71. The number of urea groups is 1. The van der Waals surface area contributed by atoms with Crippen LogP contribution in [0.4, 0.5) is 27.5 Å². The van der Waals surface area contributed by atoms with E-state index >= 15 is 0 Å². The van der Waals surface area contributed by atoms with Crippen LogP contribution in [0.2, 0.25) is 0 Å². The van der Waals surface area contributed by atoms with E-state index in [0.29, 0.717) is 48.5 Å². The maximum absolute atomic E-state index is 13.5. The van der Waals surface area contributed by atoms with E-state index in [4.69, 9.17) is 0 Å². The number of benzene rings is 6. The molecule has 0 atom stereocenters. The average molecular weight is 1060 g/mol. The van der Waals surface area contributed by atoms with Gasteiger partial charge in [-0.2, -0.15) is 50.5 Å². The number of hydrogen-bond donors (Lipinski definition) is 10. The molecule has 0 aliphatic rings. The SMILES string of the molecule is Cc1cc(NC(=O)Nc2ccc(C(=O)Nc3cc(S(=O)(=O)O)cc4cc(S(=O)(=O)O)cc(S(=O)(=O)O)c34)c(C)c2)ccc1C(=O)Nc1cc(S(=O)(=O)O)cc2cc(S(=O)(=O)O)cc(S(=O)(=O)O)c12. The van der Waals surface area contributed by atoms with Gasteiger partial charge in [0.15, 0.2) is 0 Å². The highest BCUT2D eigenvalue weighted by Gasteiger charge is 2.28. The lowest BCUT2D eigenvalue weighted by Crippen LogP contribution is -2.20. The molecule has 0 bridgehead atoms. The highest BCUT2D eigenvalue weighted by molar-refractivity contribution is 7.87. The highest BCUT2D eigenvalue weighted by atomic mass is 32.2. The average Bonchev–Trinajstić information content (AvgIpc) is 3.17. The van der Waals surface area contributed by atoms with Crippen LogP contribution >= 0.6 is 0 Å². The van der Waals surface area contributed by atoms with Crippen molar-refractivity contribution in [3.8, 4) is 0 Å². The van der Waals surface area contributed by atoms with Crippen LogP contribution in [0, 0.1) is 13.8 Å². The van der Waals surface area contributed by atoms with Crippen molar-refractivity contribution in [2.45, 2.75) is 43.2 Å². The van der Waals surface area contributed by atoms with Gasteiger partial charge in [0.2, 0.25) is 0 Å². The number of anilines is 4. The summed E-state index contributed by atoms with van der Waals surface area (Å²) in [6.45, 7) is 2.78. The third-order valence-corrected chi connectivity index (χ3v) is 14.7. The molecule has 0 saturated carbocycles. The first-order chi connectivity index (χ1) is 31.0. The third-order valence-electron chi connectivity index (χ3n) is 9.62. The van der Waals surface area contributed by atoms with Crippen LogP contribution in [-0.4, -0.2) is 95.7 Å². The molecule has 0 saturated heterocycles. The summed E-state index contributed by atoms with van der Waals surface area (Å²) in [4.78, 5) is 33.6. The van der Waals surface area contributed by atoms with Gasteiger partial charge in [-0.15, -0.1) is 0 Å². The first-order valence-corrected chi connectivity index (χ1v) is 26.7. The Morgan fingerprint density at radius 3 is 0.941 bits per heavy atom. The van der Waals surface area contributed by atoms with E-state index in [1.165, 1.54) is 50.2 Å². The predicted octanol–water partition coefficient (Wildman–Crippen LogP) is 4.24. The lowest BCUT2D eigenvalue weighted by molar-refractivity contribution is 0.101. The lowest BCUT2D eigenvalue weighted by Gasteiger charge is -2.16. The second-order valence-electron chi connectivity index (χ2n) is 14.4. The molecule has 0 unspecified atom stereocenters. The molecule has 6 aromatic carbocycles. The molecule has 31 heteroatoms. The van der Waals surface area contributed by atoms with Gasteiger partial charge in [0, 0.05) is 33.3 Å². The van der Waals surface area contributed by atoms with E-state index < -0.39 is 141 Å². The van der Waals surface area contributed by atoms with Gasteiger partial charge in [0.25, 0.3) is 72.5 Å². The van der Waals surface area contributed by atoms with Gasteiger partial charge in [-0.1, -0.05) is 0 Å². The summed E-state index contributed by atoms with van der Waals surface area (Å²) >= 11 is 0. The molecule has 0 aliphatic heterocycles. The minimum Gasteiger partial charge on any atom is -0.321 e. The molecule has 0 aliphatic carbocycles. The third kappa shape index (κ3) is 11.1. The largest absolute Gasteiger partial charge is 0.323 e. The van der Waals surface area contributed by atoms with Crippen molar-refractivity contribution in [1.29, 1.82) is 0 Å².